The van der Waals surface area contributed by atoms with Crippen molar-refractivity contribution in [2.75, 3.05) is 5.32 Å². The zero-order valence-electron chi connectivity index (χ0n) is 11.0. The average molecular weight is 256 g/mol. The van der Waals surface area contributed by atoms with Gasteiger partial charge in [0.05, 0.1) is 0 Å². The monoisotopic (exact) mass is 256 g/mol. The Balaban J connectivity index is 1.99. The lowest BCUT2D eigenvalue weighted by molar-refractivity contribution is -0.122. The lowest BCUT2D eigenvalue weighted by atomic mass is 10.2. The molecule has 1 aromatic carbocycles. The number of aryl methyl sites for hydroxylation is 1. The van der Waals surface area contributed by atoms with Crippen LogP contribution in [0.3, 0.4) is 0 Å². The van der Waals surface area contributed by atoms with E-state index in [1.165, 1.54) is 0 Å². The first-order valence-corrected chi connectivity index (χ1v) is 6.11. The van der Waals surface area contributed by atoms with Crippen molar-refractivity contribution in [2.24, 2.45) is 0 Å². The van der Waals surface area contributed by atoms with Crippen molar-refractivity contribution in [1.82, 2.24) is 4.98 Å². The molecular formula is C15H16N2O2. The van der Waals surface area contributed by atoms with Gasteiger partial charge < -0.3 is 10.1 Å². The quantitative estimate of drug-likeness (QED) is 0.915. The second-order valence-corrected chi connectivity index (χ2v) is 4.23. The van der Waals surface area contributed by atoms with E-state index in [2.05, 4.69) is 10.3 Å². The summed E-state index contributed by atoms with van der Waals surface area (Å²) in [5.41, 5.74) is 0.919. The van der Waals surface area contributed by atoms with E-state index in [4.69, 9.17) is 4.74 Å². The van der Waals surface area contributed by atoms with E-state index >= 15 is 0 Å². The fourth-order valence-corrected chi connectivity index (χ4v) is 1.59. The molecule has 2 rings (SSSR count). The van der Waals surface area contributed by atoms with Gasteiger partial charge in [0.2, 0.25) is 0 Å². The molecule has 1 aromatic heterocycles. The first-order chi connectivity index (χ1) is 9.16. The lowest BCUT2D eigenvalue weighted by Gasteiger charge is -2.15. The predicted molar refractivity (Wildman–Crippen MR) is 74.1 cm³/mol. The highest BCUT2D eigenvalue weighted by atomic mass is 16.5. The summed E-state index contributed by atoms with van der Waals surface area (Å²) >= 11 is 0. The smallest absolute Gasteiger partial charge is 0.266 e. The van der Waals surface area contributed by atoms with E-state index in [9.17, 15) is 4.79 Å². The molecule has 0 spiro atoms. The Morgan fingerprint density at radius 2 is 1.95 bits per heavy atom. The van der Waals surface area contributed by atoms with Gasteiger partial charge in [-0.2, -0.15) is 0 Å². The van der Waals surface area contributed by atoms with Gasteiger partial charge in [-0.1, -0.05) is 24.3 Å². The SMILES string of the molecule is Cc1cccnc1NC(=O)[C@@H](C)Oc1ccccc1. The summed E-state index contributed by atoms with van der Waals surface area (Å²) in [6.07, 6.45) is 1.06. The number of nitrogens with zero attached hydrogens (tertiary/aromatic N) is 1. The van der Waals surface area contributed by atoms with E-state index in [1.807, 2.05) is 49.4 Å². The third kappa shape index (κ3) is 3.55. The molecule has 2 aromatic rings. The minimum Gasteiger partial charge on any atom is -0.481 e. The van der Waals surface area contributed by atoms with E-state index in [1.54, 1.807) is 13.1 Å². The first kappa shape index (κ1) is 13.1. The summed E-state index contributed by atoms with van der Waals surface area (Å²) in [6, 6.07) is 13.0. The Morgan fingerprint density at radius 3 is 2.63 bits per heavy atom. The molecule has 0 saturated carbocycles. The minimum absolute atomic E-state index is 0.217. The number of nitrogens with one attached hydrogen (secondary N) is 1. The van der Waals surface area contributed by atoms with Gasteiger partial charge in [0, 0.05) is 6.20 Å². The molecule has 98 valence electrons. The van der Waals surface area contributed by atoms with Crippen LogP contribution in [-0.4, -0.2) is 17.0 Å². The number of ether oxygens (including phenoxy) is 1. The molecule has 1 N–H and O–H groups in total. The average Bonchev–Trinajstić information content (AvgIpc) is 2.42. The lowest BCUT2D eigenvalue weighted by Crippen LogP contribution is -2.30. The van der Waals surface area contributed by atoms with Crippen LogP contribution in [0.1, 0.15) is 12.5 Å². The van der Waals surface area contributed by atoms with Gasteiger partial charge in [-0.15, -0.1) is 0 Å². The van der Waals surface area contributed by atoms with E-state index in [-0.39, 0.29) is 5.91 Å². The number of anilines is 1. The molecule has 0 saturated heterocycles. The second kappa shape index (κ2) is 6.00. The number of rotatable bonds is 4. The maximum absolute atomic E-state index is 12.0. The number of amides is 1. The Hall–Kier alpha value is -2.36. The van der Waals surface area contributed by atoms with E-state index < -0.39 is 6.10 Å². The summed E-state index contributed by atoms with van der Waals surface area (Å²) < 4.78 is 5.55. The van der Waals surface area contributed by atoms with Crippen LogP contribution in [-0.2, 0) is 4.79 Å². The zero-order valence-corrected chi connectivity index (χ0v) is 11.0. The normalized spacial score (nSPS) is 11.7. The fourth-order valence-electron chi connectivity index (χ4n) is 1.59. The van der Waals surface area contributed by atoms with Crippen LogP contribution in [0.15, 0.2) is 48.7 Å². The van der Waals surface area contributed by atoms with Gasteiger partial charge in [-0.25, -0.2) is 4.98 Å². The molecule has 0 aliphatic carbocycles. The molecule has 0 aliphatic rings. The molecule has 0 radical (unpaired) electrons. The van der Waals surface area contributed by atoms with E-state index in [0.29, 0.717) is 11.6 Å². The Morgan fingerprint density at radius 1 is 1.21 bits per heavy atom. The van der Waals surface area contributed by atoms with Gasteiger partial charge in [-0.3, -0.25) is 4.79 Å². The largest absolute Gasteiger partial charge is 0.481 e. The highest BCUT2D eigenvalue weighted by Gasteiger charge is 2.15. The Bertz CT molecular complexity index is 555. The summed E-state index contributed by atoms with van der Waals surface area (Å²) in [4.78, 5) is 16.1. The van der Waals surface area contributed by atoms with Crippen molar-refractivity contribution in [3.63, 3.8) is 0 Å². The standard InChI is InChI=1S/C15H16N2O2/c1-11-7-6-10-16-14(11)17-15(18)12(2)19-13-8-4-3-5-9-13/h3-10,12H,1-2H3,(H,16,17,18)/t12-/m1/s1. The molecule has 0 bridgehead atoms. The Kier molecular flexibility index (Phi) is 4.13. The Labute approximate surface area is 112 Å². The van der Waals surface area contributed by atoms with Crippen molar-refractivity contribution in [3.8, 4) is 5.75 Å². The van der Waals surface area contributed by atoms with Crippen molar-refractivity contribution in [3.05, 3.63) is 54.2 Å². The fraction of sp³-hybridized carbons (Fsp3) is 0.200. The molecule has 0 aliphatic heterocycles. The van der Waals surface area contributed by atoms with Gasteiger partial charge in [-0.05, 0) is 37.6 Å². The molecule has 1 heterocycles. The predicted octanol–water partition coefficient (Wildman–Crippen LogP) is 2.80. The van der Waals surface area contributed by atoms with Crippen LogP contribution < -0.4 is 10.1 Å². The van der Waals surface area contributed by atoms with Crippen LogP contribution in [0.25, 0.3) is 0 Å². The number of hydrogen-bond donors (Lipinski definition) is 1. The molecule has 1 amide bonds. The molecular weight excluding hydrogens is 240 g/mol. The van der Waals surface area contributed by atoms with Gasteiger partial charge in [0.15, 0.2) is 6.10 Å². The number of pyridine rings is 1. The number of para-hydroxylation sites is 1. The van der Waals surface area contributed by atoms with Crippen molar-refractivity contribution >= 4 is 11.7 Å². The van der Waals surface area contributed by atoms with E-state index in [0.717, 1.165) is 5.56 Å². The van der Waals surface area contributed by atoms with Crippen LogP contribution >= 0.6 is 0 Å². The first-order valence-electron chi connectivity index (χ1n) is 6.11. The minimum atomic E-state index is -0.580. The molecule has 0 fully saturated rings. The summed E-state index contributed by atoms with van der Waals surface area (Å²) in [6.45, 7) is 3.60. The summed E-state index contributed by atoms with van der Waals surface area (Å²) in [5, 5.41) is 2.76. The van der Waals surface area contributed by atoms with Crippen LogP contribution in [0.4, 0.5) is 5.82 Å². The maximum Gasteiger partial charge on any atom is 0.266 e. The van der Waals surface area contributed by atoms with Crippen LogP contribution in [0, 0.1) is 6.92 Å². The molecule has 4 heteroatoms. The summed E-state index contributed by atoms with van der Waals surface area (Å²) in [7, 11) is 0. The zero-order chi connectivity index (χ0) is 13.7. The van der Waals surface area contributed by atoms with Crippen LogP contribution in [0.5, 0.6) is 5.75 Å². The topological polar surface area (TPSA) is 51.2 Å². The number of benzene rings is 1. The van der Waals surface area contributed by atoms with Crippen molar-refractivity contribution < 1.29 is 9.53 Å². The number of carbonyl (C=O) groups is 1. The van der Waals surface area contributed by atoms with Gasteiger partial charge in [0.1, 0.15) is 11.6 Å². The third-order valence-electron chi connectivity index (χ3n) is 2.68. The summed E-state index contributed by atoms with van der Waals surface area (Å²) in [5.74, 6) is 1.02. The molecule has 19 heavy (non-hydrogen) atoms. The second-order valence-electron chi connectivity index (χ2n) is 4.23. The number of hydrogen-bond acceptors (Lipinski definition) is 3. The third-order valence-corrected chi connectivity index (χ3v) is 2.68. The highest BCUT2D eigenvalue weighted by Crippen LogP contribution is 2.13. The molecule has 4 nitrogen and oxygen atoms in total. The molecule has 1 atom stereocenters. The van der Waals surface area contributed by atoms with Gasteiger partial charge >= 0.3 is 0 Å². The highest BCUT2D eigenvalue weighted by molar-refractivity contribution is 5.93. The number of aromatic nitrogens is 1. The maximum atomic E-state index is 12.0. The van der Waals surface area contributed by atoms with Crippen molar-refractivity contribution in [2.45, 2.75) is 20.0 Å². The number of carbonyl (C=O) groups excluding carboxylic acids is 1. The van der Waals surface area contributed by atoms with Crippen LogP contribution in [0.2, 0.25) is 0 Å². The van der Waals surface area contributed by atoms with Gasteiger partial charge in [0.25, 0.3) is 5.91 Å². The molecule has 0 unspecified atom stereocenters. The van der Waals surface area contributed by atoms with Crippen molar-refractivity contribution in [1.29, 1.82) is 0 Å².